The van der Waals surface area contributed by atoms with Crippen LogP contribution in [0.3, 0.4) is 0 Å². The van der Waals surface area contributed by atoms with Gasteiger partial charge in [-0.3, -0.25) is 0 Å². The molecule has 128 valence electrons. The van der Waals surface area contributed by atoms with Crippen LogP contribution in [0.25, 0.3) is 0 Å². The van der Waals surface area contributed by atoms with E-state index in [9.17, 15) is 0 Å². The molecule has 0 aromatic rings. The van der Waals surface area contributed by atoms with E-state index in [1.165, 1.54) is 12.8 Å². The lowest BCUT2D eigenvalue weighted by Gasteiger charge is -2.43. The van der Waals surface area contributed by atoms with Gasteiger partial charge in [0.15, 0.2) is 25.0 Å². The molecular formula is C14H38O3Si4. The fraction of sp³-hybridized carbons (Fsp3) is 1.00. The molecule has 0 fully saturated rings. The van der Waals surface area contributed by atoms with Gasteiger partial charge < -0.3 is 12.3 Å². The van der Waals surface area contributed by atoms with E-state index < -0.39 is 33.8 Å². The van der Waals surface area contributed by atoms with Gasteiger partial charge in [-0.25, -0.2) is 0 Å². The zero-order chi connectivity index (χ0) is 16.9. The molecule has 0 radical (unpaired) electrons. The van der Waals surface area contributed by atoms with Gasteiger partial charge in [-0.05, 0) is 65.3 Å². The van der Waals surface area contributed by atoms with Gasteiger partial charge in [0.1, 0.15) is 0 Å². The highest BCUT2D eigenvalue weighted by molar-refractivity contribution is 6.90. The molecule has 21 heavy (non-hydrogen) atoms. The Bertz CT molecular complexity index is 262. The molecule has 7 heteroatoms. The Morgan fingerprint density at radius 1 is 0.571 bits per heavy atom. The third-order valence-corrected chi connectivity index (χ3v) is 14.5. The van der Waals surface area contributed by atoms with E-state index in [-0.39, 0.29) is 0 Å². The summed E-state index contributed by atoms with van der Waals surface area (Å²) in [6, 6.07) is 0.986. The van der Waals surface area contributed by atoms with Crippen LogP contribution in [-0.2, 0) is 12.3 Å². The molecule has 0 amide bonds. The summed E-state index contributed by atoms with van der Waals surface area (Å²) in [5.41, 5.74) is 0. The van der Waals surface area contributed by atoms with Gasteiger partial charge in [-0.1, -0.05) is 19.8 Å². The first-order valence-corrected chi connectivity index (χ1v) is 20.4. The van der Waals surface area contributed by atoms with Crippen molar-refractivity contribution >= 4 is 33.8 Å². The summed E-state index contributed by atoms with van der Waals surface area (Å²) < 4.78 is 19.9. The van der Waals surface area contributed by atoms with E-state index in [0.717, 1.165) is 12.5 Å². The lowest BCUT2D eigenvalue weighted by Crippen LogP contribution is -2.60. The lowest BCUT2D eigenvalue weighted by molar-refractivity contribution is 0.250. The topological polar surface area (TPSA) is 27.7 Å². The molecular weight excluding hydrogens is 328 g/mol. The summed E-state index contributed by atoms with van der Waals surface area (Å²) >= 11 is 0. The van der Waals surface area contributed by atoms with Gasteiger partial charge in [0.05, 0.1) is 0 Å². The molecule has 0 atom stereocenters. The maximum absolute atomic E-state index is 6.63. The summed E-state index contributed by atoms with van der Waals surface area (Å²) in [7, 11) is -7.64. The Morgan fingerprint density at radius 2 is 0.905 bits per heavy atom. The van der Waals surface area contributed by atoms with Crippen LogP contribution in [0.1, 0.15) is 26.2 Å². The number of rotatable bonds is 10. The second-order valence-electron chi connectivity index (χ2n) is 8.78. The molecule has 0 saturated heterocycles. The van der Waals surface area contributed by atoms with E-state index in [1.54, 1.807) is 0 Å². The quantitative estimate of drug-likeness (QED) is 0.368. The van der Waals surface area contributed by atoms with E-state index >= 15 is 0 Å². The molecule has 0 aliphatic rings. The summed E-state index contributed by atoms with van der Waals surface area (Å²) in [5, 5.41) is 0. The van der Waals surface area contributed by atoms with Crippen LogP contribution in [0.15, 0.2) is 0 Å². The largest absolute Gasteiger partial charge is 0.469 e. The highest BCUT2D eigenvalue weighted by Gasteiger charge is 2.49. The minimum atomic E-state index is -2.55. The van der Waals surface area contributed by atoms with Gasteiger partial charge in [0, 0.05) is 6.04 Å². The Balaban J connectivity index is 5.36. The monoisotopic (exact) mass is 366 g/mol. The fourth-order valence-corrected chi connectivity index (χ4v) is 16.9. The van der Waals surface area contributed by atoms with Gasteiger partial charge in [-0.15, -0.1) is 0 Å². The molecule has 0 aliphatic heterocycles. The minimum Gasteiger partial charge on any atom is -0.417 e. The van der Waals surface area contributed by atoms with Crippen molar-refractivity contribution < 1.29 is 12.3 Å². The predicted octanol–water partition coefficient (Wildman–Crippen LogP) is 5.67. The second-order valence-corrected chi connectivity index (χ2v) is 25.8. The molecule has 0 unspecified atom stereocenters. The Labute approximate surface area is 137 Å². The maximum atomic E-state index is 6.63. The number of unbranched alkanes of at least 4 members (excludes halogenated alkanes) is 2. The molecule has 0 bridgehead atoms. The van der Waals surface area contributed by atoms with E-state index in [1.807, 2.05) is 0 Å². The standard InChI is InChI=1S/C14H38O3Si4/c1-11-12-13-14-21(15-18(2,3)4,16-19(5,6)7)17-20(8,9)10/h11-14H2,1-10H3. The van der Waals surface area contributed by atoms with Crippen molar-refractivity contribution in [2.24, 2.45) is 0 Å². The van der Waals surface area contributed by atoms with Crippen LogP contribution < -0.4 is 0 Å². The molecule has 0 N–H and O–H groups in total. The highest BCUT2D eigenvalue weighted by atomic mass is 28.5. The number of hydrogen-bond acceptors (Lipinski definition) is 3. The Morgan fingerprint density at radius 3 is 1.14 bits per heavy atom. The van der Waals surface area contributed by atoms with E-state index in [0.29, 0.717) is 0 Å². The summed E-state index contributed by atoms with van der Waals surface area (Å²) in [6.45, 7) is 22.4. The normalized spacial score (nSPS) is 14.6. The van der Waals surface area contributed by atoms with Crippen molar-refractivity contribution in [3.05, 3.63) is 0 Å². The molecule has 0 aliphatic carbocycles. The molecule has 0 rings (SSSR count). The van der Waals surface area contributed by atoms with E-state index in [4.69, 9.17) is 12.3 Å². The zero-order valence-corrected chi connectivity index (χ0v) is 20.1. The van der Waals surface area contributed by atoms with Crippen LogP contribution in [0.2, 0.25) is 65.0 Å². The van der Waals surface area contributed by atoms with Crippen LogP contribution >= 0.6 is 0 Å². The third-order valence-electron chi connectivity index (χ3n) is 2.47. The highest BCUT2D eigenvalue weighted by Crippen LogP contribution is 2.30. The first kappa shape index (κ1) is 21.7. The molecule has 0 spiro atoms. The van der Waals surface area contributed by atoms with Crippen LogP contribution in [0, 0.1) is 0 Å². The van der Waals surface area contributed by atoms with E-state index in [2.05, 4.69) is 65.8 Å². The Hall–Kier alpha value is 0.748. The molecule has 0 saturated carbocycles. The summed E-state index contributed by atoms with van der Waals surface area (Å²) in [5.74, 6) is 0. The average molecular weight is 367 g/mol. The Kier molecular flexibility index (Phi) is 8.31. The van der Waals surface area contributed by atoms with Crippen LogP contribution in [0.4, 0.5) is 0 Å². The first-order valence-electron chi connectivity index (χ1n) is 8.29. The molecule has 0 aromatic carbocycles. The average Bonchev–Trinajstić information content (AvgIpc) is 2.08. The predicted molar refractivity (Wildman–Crippen MR) is 103 cm³/mol. The van der Waals surface area contributed by atoms with Crippen LogP contribution in [-0.4, -0.2) is 33.8 Å². The van der Waals surface area contributed by atoms with Crippen molar-refractivity contribution in [3.8, 4) is 0 Å². The first-order chi connectivity index (χ1) is 9.18. The summed E-state index contributed by atoms with van der Waals surface area (Å²) in [6.07, 6.45) is 3.60. The lowest BCUT2D eigenvalue weighted by atomic mass is 10.3. The minimum absolute atomic E-state index is 0.986. The fourth-order valence-electron chi connectivity index (χ4n) is 2.21. The number of hydrogen-bond donors (Lipinski definition) is 0. The van der Waals surface area contributed by atoms with Gasteiger partial charge in [0.25, 0.3) is 0 Å². The molecule has 0 heterocycles. The maximum Gasteiger partial charge on any atom is 0.469 e. The zero-order valence-electron chi connectivity index (χ0n) is 16.1. The van der Waals surface area contributed by atoms with Gasteiger partial charge >= 0.3 is 8.80 Å². The van der Waals surface area contributed by atoms with Crippen molar-refractivity contribution in [2.75, 3.05) is 0 Å². The van der Waals surface area contributed by atoms with Crippen molar-refractivity contribution in [1.29, 1.82) is 0 Å². The van der Waals surface area contributed by atoms with Crippen molar-refractivity contribution in [2.45, 2.75) is 91.2 Å². The molecule has 0 aromatic heterocycles. The third kappa shape index (κ3) is 11.9. The van der Waals surface area contributed by atoms with Crippen LogP contribution in [0.5, 0.6) is 0 Å². The van der Waals surface area contributed by atoms with Crippen molar-refractivity contribution in [1.82, 2.24) is 0 Å². The van der Waals surface area contributed by atoms with Gasteiger partial charge in [-0.2, -0.15) is 0 Å². The SMILES string of the molecule is CCCCC[Si](O[Si](C)(C)C)(O[Si](C)(C)C)O[Si](C)(C)C. The molecule has 3 nitrogen and oxygen atoms in total. The smallest absolute Gasteiger partial charge is 0.417 e. The summed E-state index contributed by atoms with van der Waals surface area (Å²) in [4.78, 5) is 0. The van der Waals surface area contributed by atoms with Crippen molar-refractivity contribution in [3.63, 3.8) is 0 Å². The van der Waals surface area contributed by atoms with Gasteiger partial charge in [0.2, 0.25) is 0 Å². The second kappa shape index (κ2) is 8.03.